The maximum Gasteiger partial charge on any atom is 0.394 e. The van der Waals surface area contributed by atoms with Crippen molar-refractivity contribution >= 4 is 16.1 Å². The summed E-state index contributed by atoms with van der Waals surface area (Å²) in [6, 6.07) is 55.1. The van der Waals surface area contributed by atoms with E-state index in [-0.39, 0.29) is 5.41 Å². The third-order valence-electron chi connectivity index (χ3n) is 19.2. The molecule has 3 saturated carbocycles. The molecule has 0 atom stereocenters. The molecule has 6 aromatic carbocycles. The van der Waals surface area contributed by atoms with E-state index in [0.29, 0.717) is 30.1 Å². The van der Waals surface area contributed by atoms with Crippen molar-refractivity contribution in [1.29, 1.82) is 0 Å². The molecule has 0 radical (unpaired) electrons. The average Bonchev–Trinajstić information content (AvgIpc) is 0.812. The predicted octanol–water partition coefficient (Wildman–Crippen LogP) is 30.3. The molecule has 0 nitrogen and oxygen atoms in total. The second-order valence-corrected chi connectivity index (χ2v) is 44.5. The minimum absolute atomic E-state index is 0.283. The summed E-state index contributed by atoms with van der Waals surface area (Å²) in [4.78, 5) is 0. The van der Waals surface area contributed by atoms with Crippen LogP contribution in [-0.2, 0) is 5.41 Å². The predicted molar refractivity (Wildman–Crippen MR) is 427 cm³/mol. The lowest BCUT2D eigenvalue weighted by Gasteiger charge is -2.37. The fourth-order valence-corrected chi connectivity index (χ4v) is 12.2. The van der Waals surface area contributed by atoms with Crippen molar-refractivity contribution in [3.8, 4) is 0 Å². The van der Waals surface area contributed by atoms with E-state index in [1.165, 1.54) is 150 Å². The third kappa shape index (κ3) is 45.9. The van der Waals surface area contributed by atoms with Gasteiger partial charge in [0.1, 0.15) is 0 Å². The number of alkyl halides is 3. The molecule has 9 rings (SSSR count). The van der Waals surface area contributed by atoms with Gasteiger partial charge in [-0.1, -0.05) is 361 Å². The summed E-state index contributed by atoms with van der Waals surface area (Å²) >= 11 is 0. The van der Waals surface area contributed by atoms with E-state index < -0.39 is 27.7 Å². The van der Waals surface area contributed by atoms with Crippen molar-refractivity contribution in [2.24, 2.45) is 28.6 Å². The van der Waals surface area contributed by atoms with E-state index in [9.17, 15) is 13.2 Å². The Morgan fingerprint density at radius 3 is 0.989 bits per heavy atom. The lowest BCUT2D eigenvalue weighted by atomic mass is 9.72. The molecule has 0 N–H and O–H groups in total. The van der Waals surface area contributed by atoms with Gasteiger partial charge in [0.2, 0.25) is 0 Å². The minimum atomic E-state index is -4.01. The van der Waals surface area contributed by atoms with Crippen LogP contribution in [0.15, 0.2) is 146 Å². The van der Waals surface area contributed by atoms with Gasteiger partial charge < -0.3 is 0 Å². The Bertz CT molecular complexity index is 2740. The SMILES string of the molecule is CC1CCC(C)(C(F)(F)F)CC1.CC1CCC(C)(C)CC1.CC1CCCCC1.CC[Si](C)(CC)CC.C[Si](C)(C)C.Cc1ccc(C)c(C)c1.Cc1ccc(C)cc1.Cc1ccccc1.Cc1ccccc1C.Cc1ccccc1C(C)(C)C.Cc1ccccc1C(C)C. The van der Waals surface area contributed by atoms with Gasteiger partial charge >= 0.3 is 6.18 Å². The molecule has 532 valence electrons. The Balaban J connectivity index is 0. The van der Waals surface area contributed by atoms with Gasteiger partial charge in [0.25, 0.3) is 0 Å². The molecule has 6 aromatic rings. The van der Waals surface area contributed by atoms with Gasteiger partial charge in [-0.15, -0.1) is 0 Å². The zero-order chi connectivity index (χ0) is 72.5. The van der Waals surface area contributed by atoms with Crippen LogP contribution in [0.4, 0.5) is 13.2 Å². The smallest absolute Gasteiger partial charge is 0.171 e. The summed E-state index contributed by atoms with van der Waals surface area (Å²) < 4.78 is 37.4. The van der Waals surface area contributed by atoms with Crippen LogP contribution in [0.2, 0.25) is 50.9 Å². The maximum atomic E-state index is 12.5. The fourth-order valence-electron chi connectivity index (χ4n) is 10.7. The van der Waals surface area contributed by atoms with E-state index in [2.05, 4.69) is 312 Å². The first-order valence-corrected chi connectivity index (χ1v) is 43.9. The van der Waals surface area contributed by atoms with E-state index in [0.717, 1.165) is 24.7 Å². The van der Waals surface area contributed by atoms with E-state index in [1.807, 2.05) is 25.1 Å². The summed E-state index contributed by atoms with van der Waals surface area (Å²) in [5.41, 5.74) is 16.1. The Labute approximate surface area is 584 Å². The summed E-state index contributed by atoms with van der Waals surface area (Å²) in [5.74, 6) is 3.16. The van der Waals surface area contributed by atoms with Gasteiger partial charge in [0.05, 0.1) is 5.41 Å². The van der Waals surface area contributed by atoms with Crippen LogP contribution in [0.1, 0.15) is 253 Å². The molecule has 0 heterocycles. The largest absolute Gasteiger partial charge is 0.394 e. The molecule has 0 aliphatic heterocycles. The molecule has 0 amide bonds. The van der Waals surface area contributed by atoms with Gasteiger partial charge in [0.15, 0.2) is 0 Å². The topological polar surface area (TPSA) is 0 Å². The van der Waals surface area contributed by atoms with E-state index in [1.54, 1.807) is 0 Å². The quantitative estimate of drug-likeness (QED) is 0.154. The Kier molecular flexibility index (Phi) is 46.3. The second kappa shape index (κ2) is 47.5. The highest BCUT2D eigenvalue weighted by molar-refractivity contribution is 6.78. The van der Waals surface area contributed by atoms with Crippen LogP contribution in [0, 0.1) is 97.8 Å². The summed E-state index contributed by atoms with van der Waals surface area (Å²) in [6.45, 7) is 64.1. The minimum Gasteiger partial charge on any atom is -0.171 e. The number of hydrogen-bond donors (Lipinski definition) is 0. The van der Waals surface area contributed by atoms with E-state index in [4.69, 9.17) is 0 Å². The highest BCUT2D eigenvalue weighted by Gasteiger charge is 2.51. The van der Waals surface area contributed by atoms with Crippen molar-refractivity contribution in [2.75, 3.05) is 0 Å². The first-order chi connectivity index (χ1) is 43.4. The van der Waals surface area contributed by atoms with Gasteiger partial charge in [0, 0.05) is 16.1 Å². The molecule has 5 heteroatoms. The van der Waals surface area contributed by atoms with Gasteiger partial charge in [-0.25, -0.2) is 0 Å². The molecule has 3 aliphatic rings. The van der Waals surface area contributed by atoms with Crippen LogP contribution < -0.4 is 0 Å². The summed E-state index contributed by atoms with van der Waals surface area (Å²) in [7, 11) is -1.28. The molecule has 3 aliphatic carbocycles. The molecular weight excluding hydrogens is 1180 g/mol. The molecule has 0 spiro atoms. The molecule has 94 heavy (non-hydrogen) atoms. The fraction of sp³-hybridized carbons (Fsp3) is 0.596. The van der Waals surface area contributed by atoms with Crippen molar-refractivity contribution in [1.82, 2.24) is 0 Å². The standard InChI is InChI=1S/C11H16.C10H14.C9H15F3.C9H18.C9H12.2C8H10.C7H18Si.C7H14.C7H8.C4H12Si/c1-9-7-5-6-8-10(9)11(2,3)4;1-8(2)10-7-5-4-6-9(10)3;1-7-3-5-8(2,6-4-7)9(10,11)12;1-8-4-6-9(2,3)7-5-8;1-7-4-5-8(2)9(3)6-7;1-7-3-5-8(2)6-4-7;1-7-5-3-4-6-8(7)2;1-5-8(4,6-2)7-3;2*1-7-5-3-2-4-6-7;1-5(2,3)4/h5-8H,1-4H3;4-8H,1-3H3;7H,3-6H2,1-2H3;8H,4-7H2,1-3H3;4-6H,1-3H3;2*3-6H,1-2H3;5-7H2,1-4H3;7H,2-6H2,1H3;2-6H,1H3;1-4H3. The zero-order valence-corrected chi connectivity index (χ0v) is 68.6. The summed E-state index contributed by atoms with van der Waals surface area (Å²) in [5, 5.41) is 0. The number of aryl methyl sites for hydroxylation is 10. The van der Waals surface area contributed by atoms with Crippen molar-refractivity contribution in [3.63, 3.8) is 0 Å². The highest BCUT2D eigenvalue weighted by atomic mass is 28.3. The summed E-state index contributed by atoms with van der Waals surface area (Å²) in [6.07, 6.45) is 11.3. The van der Waals surface area contributed by atoms with Crippen molar-refractivity contribution < 1.29 is 13.2 Å². The normalized spacial score (nSPS) is 16.8. The molecular formula is C89H147F3Si2. The van der Waals surface area contributed by atoms with Gasteiger partial charge in [-0.05, 0) is 187 Å². The average molecular weight is 1330 g/mol. The molecule has 0 bridgehead atoms. The lowest BCUT2D eigenvalue weighted by Crippen LogP contribution is -2.38. The number of rotatable bonds is 4. The third-order valence-corrected chi connectivity index (χ3v) is 24.3. The molecule has 0 saturated heterocycles. The van der Waals surface area contributed by atoms with Crippen LogP contribution in [0.5, 0.6) is 0 Å². The van der Waals surface area contributed by atoms with Crippen LogP contribution >= 0.6 is 0 Å². The Morgan fingerprint density at radius 2 is 0.734 bits per heavy atom. The van der Waals surface area contributed by atoms with Crippen LogP contribution in [0.25, 0.3) is 0 Å². The number of benzene rings is 6. The first kappa shape index (κ1) is 91.6. The second-order valence-electron chi connectivity index (χ2n) is 32.8. The van der Waals surface area contributed by atoms with Gasteiger partial charge in [-0.2, -0.15) is 13.2 Å². The number of halogens is 3. The monoisotopic (exact) mass is 1330 g/mol. The molecule has 0 unspecified atom stereocenters. The molecule has 3 fully saturated rings. The highest BCUT2D eigenvalue weighted by Crippen LogP contribution is 2.49. The maximum absolute atomic E-state index is 12.5. The lowest BCUT2D eigenvalue weighted by molar-refractivity contribution is -0.229. The van der Waals surface area contributed by atoms with Crippen molar-refractivity contribution in [3.05, 3.63) is 212 Å². The first-order valence-electron chi connectivity index (χ1n) is 36.7. The zero-order valence-electron chi connectivity index (χ0n) is 66.6. The Morgan fingerprint density at radius 1 is 0.404 bits per heavy atom. The van der Waals surface area contributed by atoms with Crippen LogP contribution in [-0.4, -0.2) is 22.3 Å². The molecule has 0 aromatic heterocycles. The van der Waals surface area contributed by atoms with Gasteiger partial charge in [-0.3, -0.25) is 0 Å². The number of hydrogen-bond acceptors (Lipinski definition) is 0. The van der Waals surface area contributed by atoms with E-state index >= 15 is 0 Å². The Hall–Kier alpha value is -4.46. The van der Waals surface area contributed by atoms with Crippen LogP contribution in [0.3, 0.4) is 0 Å². The van der Waals surface area contributed by atoms with Crippen molar-refractivity contribution in [2.45, 2.75) is 318 Å².